The molecule has 1 aliphatic carbocycles. The van der Waals surface area contributed by atoms with Crippen LogP contribution in [0.25, 0.3) is 0 Å². The number of allylic oxidation sites excluding steroid dienone is 2. The summed E-state index contributed by atoms with van der Waals surface area (Å²) in [5.74, 6) is 0.424. The summed E-state index contributed by atoms with van der Waals surface area (Å²) in [5.41, 5.74) is 1.98. The highest BCUT2D eigenvalue weighted by molar-refractivity contribution is 5.73. The van der Waals surface area contributed by atoms with Crippen LogP contribution in [0.2, 0.25) is 0 Å². The molecule has 1 rings (SSSR count). The Hall–Kier alpha value is -0.930. The van der Waals surface area contributed by atoms with Crippen molar-refractivity contribution in [2.24, 2.45) is 11.8 Å². The van der Waals surface area contributed by atoms with Gasteiger partial charge in [0.15, 0.2) is 6.29 Å². The smallest absolute Gasteiger partial charge is 0.164 e. The summed E-state index contributed by atoms with van der Waals surface area (Å²) in [6, 6.07) is 0. The number of ether oxygens (including phenoxy) is 2. The fourth-order valence-electron chi connectivity index (χ4n) is 2.50. The molecule has 1 aliphatic rings. The predicted molar refractivity (Wildman–Crippen MR) is 72.2 cm³/mol. The minimum absolute atomic E-state index is 0.0938. The van der Waals surface area contributed by atoms with Crippen LogP contribution in [-0.4, -0.2) is 25.8 Å². The van der Waals surface area contributed by atoms with E-state index >= 15 is 0 Å². The van der Waals surface area contributed by atoms with E-state index in [1.54, 1.807) is 0 Å². The second-order valence-corrected chi connectivity index (χ2v) is 4.71. The number of hydrogen-bond acceptors (Lipinski definition) is 3. The topological polar surface area (TPSA) is 35.5 Å². The van der Waals surface area contributed by atoms with E-state index in [0.717, 1.165) is 30.3 Å². The van der Waals surface area contributed by atoms with Crippen LogP contribution in [-0.2, 0) is 14.3 Å². The van der Waals surface area contributed by atoms with Crippen LogP contribution < -0.4 is 0 Å². The predicted octanol–water partition coefficient (Wildman–Crippen LogP) is 3.11. The van der Waals surface area contributed by atoms with E-state index in [1.807, 2.05) is 26.8 Å². The summed E-state index contributed by atoms with van der Waals surface area (Å²) in [7, 11) is 0. The van der Waals surface area contributed by atoms with Crippen molar-refractivity contribution >= 4 is 6.29 Å². The van der Waals surface area contributed by atoms with Gasteiger partial charge in [-0.05, 0) is 45.1 Å². The fourth-order valence-corrected chi connectivity index (χ4v) is 2.50. The van der Waals surface area contributed by atoms with Crippen LogP contribution in [0, 0.1) is 11.8 Å². The zero-order valence-electron chi connectivity index (χ0n) is 11.6. The summed E-state index contributed by atoms with van der Waals surface area (Å²) in [4.78, 5) is 10.9. The normalized spacial score (nSPS) is 23.9. The van der Waals surface area contributed by atoms with Crippen molar-refractivity contribution < 1.29 is 14.3 Å². The molecule has 0 aromatic rings. The number of aldehydes is 1. The van der Waals surface area contributed by atoms with Crippen molar-refractivity contribution in [3.05, 3.63) is 23.8 Å². The van der Waals surface area contributed by atoms with E-state index in [-0.39, 0.29) is 12.2 Å². The van der Waals surface area contributed by atoms with Gasteiger partial charge in [-0.15, -0.1) is 0 Å². The molecular weight excluding hydrogens is 228 g/mol. The fraction of sp³-hybridized carbons (Fsp3) is 0.667. The van der Waals surface area contributed by atoms with E-state index in [0.29, 0.717) is 19.1 Å². The average Bonchev–Trinajstić information content (AvgIpc) is 2.37. The average molecular weight is 252 g/mol. The minimum Gasteiger partial charge on any atom is -0.352 e. The van der Waals surface area contributed by atoms with Crippen molar-refractivity contribution in [3.8, 4) is 0 Å². The summed E-state index contributed by atoms with van der Waals surface area (Å²) >= 11 is 0. The third kappa shape index (κ3) is 3.79. The monoisotopic (exact) mass is 252 g/mol. The Labute approximate surface area is 110 Å². The van der Waals surface area contributed by atoms with Crippen LogP contribution in [0.15, 0.2) is 23.8 Å². The van der Waals surface area contributed by atoms with Crippen LogP contribution in [0.1, 0.15) is 33.6 Å². The highest BCUT2D eigenvalue weighted by atomic mass is 16.7. The van der Waals surface area contributed by atoms with Gasteiger partial charge in [0, 0.05) is 19.1 Å². The van der Waals surface area contributed by atoms with Gasteiger partial charge >= 0.3 is 0 Å². The molecule has 0 N–H and O–H groups in total. The molecule has 0 aromatic heterocycles. The molecule has 0 amide bonds. The highest BCUT2D eigenvalue weighted by Crippen LogP contribution is 2.36. The van der Waals surface area contributed by atoms with Gasteiger partial charge in [0.2, 0.25) is 0 Å². The third-order valence-corrected chi connectivity index (χ3v) is 3.38. The summed E-state index contributed by atoms with van der Waals surface area (Å²) in [6.45, 7) is 11.2. The first-order chi connectivity index (χ1) is 8.63. The second-order valence-electron chi connectivity index (χ2n) is 4.71. The lowest BCUT2D eigenvalue weighted by atomic mass is 9.77. The first kappa shape index (κ1) is 15.1. The molecule has 0 saturated carbocycles. The first-order valence-electron chi connectivity index (χ1n) is 6.68. The maximum absolute atomic E-state index is 10.9. The summed E-state index contributed by atoms with van der Waals surface area (Å²) in [5, 5.41) is 0. The molecule has 0 heterocycles. The van der Waals surface area contributed by atoms with E-state index in [4.69, 9.17) is 9.47 Å². The molecule has 0 bridgehead atoms. The van der Waals surface area contributed by atoms with Gasteiger partial charge in [-0.1, -0.05) is 18.2 Å². The molecule has 0 fully saturated rings. The largest absolute Gasteiger partial charge is 0.352 e. The second kappa shape index (κ2) is 7.49. The van der Waals surface area contributed by atoms with Crippen LogP contribution >= 0.6 is 0 Å². The Morgan fingerprint density at radius 3 is 2.56 bits per heavy atom. The molecule has 2 atom stereocenters. The third-order valence-electron chi connectivity index (χ3n) is 3.38. The van der Waals surface area contributed by atoms with Gasteiger partial charge < -0.3 is 9.47 Å². The highest BCUT2D eigenvalue weighted by Gasteiger charge is 2.32. The van der Waals surface area contributed by atoms with Gasteiger partial charge in [-0.3, -0.25) is 4.79 Å². The molecule has 0 aromatic carbocycles. The van der Waals surface area contributed by atoms with Gasteiger partial charge in [0.1, 0.15) is 6.29 Å². The van der Waals surface area contributed by atoms with Crippen molar-refractivity contribution in [1.29, 1.82) is 0 Å². The van der Waals surface area contributed by atoms with Crippen molar-refractivity contribution in [2.45, 2.75) is 39.9 Å². The van der Waals surface area contributed by atoms with Gasteiger partial charge in [-0.25, -0.2) is 0 Å². The van der Waals surface area contributed by atoms with Crippen molar-refractivity contribution in [1.82, 2.24) is 0 Å². The van der Waals surface area contributed by atoms with Gasteiger partial charge in [-0.2, -0.15) is 0 Å². The molecule has 0 spiro atoms. The molecule has 0 aliphatic heterocycles. The Bertz CT molecular complexity index is 314. The van der Waals surface area contributed by atoms with E-state index in [9.17, 15) is 4.79 Å². The molecule has 3 nitrogen and oxygen atoms in total. The number of rotatable bonds is 7. The Balaban J connectivity index is 2.93. The lowest BCUT2D eigenvalue weighted by Crippen LogP contribution is -2.34. The molecule has 0 saturated heterocycles. The maximum Gasteiger partial charge on any atom is 0.164 e. The van der Waals surface area contributed by atoms with Crippen LogP contribution in [0.5, 0.6) is 0 Å². The molecular formula is C15H24O3. The number of carbonyl (C=O) groups is 1. The molecule has 0 radical (unpaired) electrons. The lowest BCUT2D eigenvalue weighted by Gasteiger charge is -2.34. The standard InChI is InChI=1S/C15H24O3/c1-5-17-15(18-6-2)14-9-12(10-16)7-8-13(14)11(3)4/h9-10,13-15H,3,5-8H2,1-2,4H3/t13-,14?/m1/s1. The minimum atomic E-state index is -0.281. The quantitative estimate of drug-likeness (QED) is 0.397. The molecule has 1 unspecified atom stereocenters. The summed E-state index contributed by atoms with van der Waals surface area (Å²) < 4.78 is 11.3. The Kier molecular flexibility index (Phi) is 6.30. The van der Waals surface area contributed by atoms with Crippen LogP contribution in [0.4, 0.5) is 0 Å². The van der Waals surface area contributed by atoms with E-state index in [1.165, 1.54) is 0 Å². The van der Waals surface area contributed by atoms with E-state index < -0.39 is 0 Å². The van der Waals surface area contributed by atoms with Crippen molar-refractivity contribution in [2.75, 3.05) is 13.2 Å². The van der Waals surface area contributed by atoms with Gasteiger partial charge in [0.25, 0.3) is 0 Å². The van der Waals surface area contributed by atoms with Crippen LogP contribution in [0.3, 0.4) is 0 Å². The molecule has 18 heavy (non-hydrogen) atoms. The number of carbonyl (C=O) groups excluding carboxylic acids is 1. The zero-order valence-corrected chi connectivity index (χ0v) is 11.6. The number of hydrogen-bond donors (Lipinski definition) is 0. The molecule has 102 valence electrons. The Morgan fingerprint density at radius 2 is 2.11 bits per heavy atom. The zero-order chi connectivity index (χ0) is 13.5. The van der Waals surface area contributed by atoms with E-state index in [2.05, 4.69) is 6.58 Å². The lowest BCUT2D eigenvalue weighted by molar-refractivity contribution is -0.166. The van der Waals surface area contributed by atoms with Crippen molar-refractivity contribution in [3.63, 3.8) is 0 Å². The summed E-state index contributed by atoms with van der Waals surface area (Å²) in [6.07, 6.45) is 4.43. The Morgan fingerprint density at radius 1 is 1.50 bits per heavy atom. The molecule has 3 heteroatoms. The van der Waals surface area contributed by atoms with Gasteiger partial charge in [0.05, 0.1) is 0 Å². The maximum atomic E-state index is 10.9. The first-order valence-corrected chi connectivity index (χ1v) is 6.68. The SMILES string of the molecule is C=C(C)[C@H]1CCC(C=O)=CC1C(OCC)OCC.